The van der Waals surface area contributed by atoms with Crippen molar-refractivity contribution in [3.63, 3.8) is 0 Å². The highest BCUT2D eigenvalue weighted by atomic mass is 35.5. The third-order valence-corrected chi connectivity index (χ3v) is 5.01. The molecule has 6 heteroatoms. The molecule has 2 amide bonds. The first-order valence-electron chi connectivity index (χ1n) is 9.33. The lowest BCUT2D eigenvalue weighted by atomic mass is 10.0. The monoisotopic (exact) mass is 420 g/mol. The van der Waals surface area contributed by atoms with Gasteiger partial charge in [-0.3, -0.25) is 9.59 Å². The minimum Gasteiger partial charge on any atom is -0.350 e. The van der Waals surface area contributed by atoms with Crippen LogP contribution in [0, 0.1) is 19.7 Å². The third-order valence-electron chi connectivity index (χ3n) is 4.77. The smallest absolute Gasteiger partial charge is 0.282 e. The number of hydrogen-bond acceptors (Lipinski definition) is 3. The Morgan fingerprint density at radius 3 is 2.17 bits per heavy atom. The maximum atomic E-state index is 13.5. The topological polar surface area (TPSA) is 49.4 Å². The number of imide groups is 1. The predicted octanol–water partition coefficient (Wildman–Crippen LogP) is 5.49. The van der Waals surface area contributed by atoms with E-state index in [9.17, 15) is 14.0 Å². The SMILES string of the molecule is Cc1cc(C)cc(NC2=C(c3ccc(F)cc3)C(=O)N(c3cccc(Cl)c3)C2=O)c1. The lowest BCUT2D eigenvalue weighted by molar-refractivity contribution is -0.120. The van der Waals surface area contributed by atoms with E-state index in [-0.39, 0.29) is 11.3 Å². The first-order valence-corrected chi connectivity index (χ1v) is 9.71. The molecule has 0 aromatic heterocycles. The fourth-order valence-electron chi connectivity index (χ4n) is 3.57. The van der Waals surface area contributed by atoms with Gasteiger partial charge in [0, 0.05) is 10.7 Å². The zero-order valence-corrected chi connectivity index (χ0v) is 17.1. The van der Waals surface area contributed by atoms with Crippen LogP contribution in [0.2, 0.25) is 5.02 Å². The first kappa shape index (κ1) is 19.9. The van der Waals surface area contributed by atoms with Crippen molar-refractivity contribution in [3.05, 3.63) is 100.0 Å². The van der Waals surface area contributed by atoms with Gasteiger partial charge in [0.05, 0.1) is 11.3 Å². The van der Waals surface area contributed by atoms with Crippen LogP contribution in [-0.2, 0) is 9.59 Å². The maximum absolute atomic E-state index is 13.5. The minimum absolute atomic E-state index is 0.136. The largest absolute Gasteiger partial charge is 0.350 e. The molecule has 3 aromatic carbocycles. The minimum atomic E-state index is -0.499. The molecule has 0 atom stereocenters. The molecule has 0 saturated carbocycles. The van der Waals surface area contributed by atoms with E-state index in [1.54, 1.807) is 24.3 Å². The number of nitrogens with one attached hydrogen (secondary N) is 1. The van der Waals surface area contributed by atoms with Gasteiger partial charge in [0.15, 0.2) is 0 Å². The van der Waals surface area contributed by atoms with Crippen LogP contribution in [0.1, 0.15) is 16.7 Å². The van der Waals surface area contributed by atoms with Crippen LogP contribution < -0.4 is 10.2 Å². The summed E-state index contributed by atoms with van der Waals surface area (Å²) in [7, 11) is 0. The molecule has 0 fully saturated rings. The Balaban J connectivity index is 1.84. The number of halogens is 2. The molecular formula is C24H18ClFN2O2. The van der Waals surface area contributed by atoms with Crippen molar-refractivity contribution >= 4 is 40.4 Å². The van der Waals surface area contributed by atoms with Crippen molar-refractivity contribution in [2.45, 2.75) is 13.8 Å². The molecule has 1 aliphatic heterocycles. The number of benzene rings is 3. The van der Waals surface area contributed by atoms with Gasteiger partial charge in [-0.15, -0.1) is 0 Å². The van der Waals surface area contributed by atoms with Crippen molar-refractivity contribution in [3.8, 4) is 0 Å². The highest BCUT2D eigenvalue weighted by Crippen LogP contribution is 2.34. The molecule has 1 heterocycles. The normalized spacial score (nSPS) is 13.9. The maximum Gasteiger partial charge on any atom is 0.282 e. The van der Waals surface area contributed by atoms with Gasteiger partial charge < -0.3 is 5.32 Å². The molecule has 0 unspecified atom stereocenters. The molecule has 1 N–H and O–H groups in total. The Labute approximate surface area is 178 Å². The molecule has 30 heavy (non-hydrogen) atoms. The van der Waals surface area contributed by atoms with Gasteiger partial charge in [0.25, 0.3) is 11.8 Å². The summed E-state index contributed by atoms with van der Waals surface area (Å²) in [5.41, 5.74) is 3.86. The van der Waals surface area contributed by atoms with Crippen molar-refractivity contribution in [2.75, 3.05) is 10.2 Å². The lowest BCUT2D eigenvalue weighted by Gasteiger charge is -2.16. The van der Waals surface area contributed by atoms with Crippen molar-refractivity contribution in [1.82, 2.24) is 0 Å². The van der Waals surface area contributed by atoms with Gasteiger partial charge in [-0.05, 0) is 73.0 Å². The van der Waals surface area contributed by atoms with Crippen LogP contribution in [0.25, 0.3) is 5.57 Å². The zero-order valence-electron chi connectivity index (χ0n) is 16.4. The van der Waals surface area contributed by atoms with Crippen LogP contribution in [0.5, 0.6) is 0 Å². The number of carbonyl (C=O) groups is 2. The van der Waals surface area contributed by atoms with E-state index in [1.807, 2.05) is 32.0 Å². The summed E-state index contributed by atoms with van der Waals surface area (Å²) in [5, 5.41) is 3.53. The Kier molecular flexibility index (Phi) is 5.14. The van der Waals surface area contributed by atoms with Crippen LogP contribution in [0.15, 0.2) is 72.4 Å². The Morgan fingerprint density at radius 1 is 0.867 bits per heavy atom. The number of nitrogens with zero attached hydrogens (tertiary/aromatic N) is 1. The van der Waals surface area contributed by atoms with Crippen molar-refractivity contribution in [1.29, 1.82) is 0 Å². The second-order valence-electron chi connectivity index (χ2n) is 7.18. The number of amides is 2. The average Bonchev–Trinajstić information content (AvgIpc) is 2.92. The van der Waals surface area contributed by atoms with E-state index in [1.165, 1.54) is 24.3 Å². The highest BCUT2D eigenvalue weighted by molar-refractivity contribution is 6.46. The van der Waals surface area contributed by atoms with Gasteiger partial charge in [-0.1, -0.05) is 35.9 Å². The Bertz CT molecular complexity index is 1180. The number of carbonyl (C=O) groups excluding carboxylic acids is 2. The van der Waals surface area contributed by atoms with Crippen LogP contribution in [0.4, 0.5) is 15.8 Å². The van der Waals surface area contributed by atoms with E-state index in [0.717, 1.165) is 16.0 Å². The van der Waals surface area contributed by atoms with Crippen molar-refractivity contribution in [2.24, 2.45) is 0 Å². The molecule has 4 rings (SSSR count). The second kappa shape index (κ2) is 7.76. The average molecular weight is 421 g/mol. The first-order chi connectivity index (χ1) is 14.3. The third kappa shape index (κ3) is 3.72. The number of rotatable bonds is 4. The van der Waals surface area contributed by atoms with Crippen molar-refractivity contribution < 1.29 is 14.0 Å². The number of hydrogen-bond donors (Lipinski definition) is 1. The van der Waals surface area contributed by atoms with Gasteiger partial charge in [-0.25, -0.2) is 9.29 Å². The fourth-order valence-corrected chi connectivity index (χ4v) is 3.76. The molecule has 4 nitrogen and oxygen atoms in total. The van der Waals surface area contributed by atoms with Gasteiger partial charge in [0.1, 0.15) is 11.5 Å². The fraction of sp³-hybridized carbons (Fsp3) is 0.0833. The molecule has 150 valence electrons. The zero-order chi connectivity index (χ0) is 21.4. The van der Waals surface area contributed by atoms with E-state index < -0.39 is 17.6 Å². The number of anilines is 2. The van der Waals surface area contributed by atoms with Crippen LogP contribution in [0.3, 0.4) is 0 Å². The molecular weight excluding hydrogens is 403 g/mol. The molecule has 0 bridgehead atoms. The predicted molar refractivity (Wildman–Crippen MR) is 117 cm³/mol. The van der Waals surface area contributed by atoms with E-state index in [0.29, 0.717) is 22.0 Å². The summed E-state index contributed by atoms with van der Waals surface area (Å²) in [6.07, 6.45) is 0. The molecule has 1 aliphatic rings. The number of aryl methyl sites for hydroxylation is 2. The Morgan fingerprint density at radius 2 is 1.53 bits per heavy atom. The summed E-state index contributed by atoms with van der Waals surface area (Å²) >= 11 is 6.07. The van der Waals surface area contributed by atoms with E-state index >= 15 is 0 Å². The lowest BCUT2D eigenvalue weighted by Crippen LogP contribution is -2.32. The highest BCUT2D eigenvalue weighted by Gasteiger charge is 2.40. The van der Waals surface area contributed by atoms with E-state index in [2.05, 4.69) is 5.32 Å². The molecule has 3 aromatic rings. The molecule has 0 radical (unpaired) electrons. The summed E-state index contributed by atoms with van der Waals surface area (Å²) in [6, 6.07) is 17.8. The van der Waals surface area contributed by atoms with Gasteiger partial charge in [-0.2, -0.15) is 0 Å². The van der Waals surface area contributed by atoms with Crippen LogP contribution in [-0.4, -0.2) is 11.8 Å². The molecule has 0 aliphatic carbocycles. The standard InChI is InChI=1S/C24H18ClFN2O2/c1-14-10-15(2)12-19(11-14)27-22-21(16-6-8-18(26)9-7-16)23(29)28(24(22)30)20-5-3-4-17(25)13-20/h3-13,27H,1-2H3. The van der Waals surface area contributed by atoms with E-state index in [4.69, 9.17) is 11.6 Å². The summed E-state index contributed by atoms with van der Waals surface area (Å²) in [6.45, 7) is 3.90. The van der Waals surface area contributed by atoms with Gasteiger partial charge >= 0.3 is 0 Å². The quantitative estimate of drug-likeness (QED) is 0.567. The summed E-state index contributed by atoms with van der Waals surface area (Å²) in [4.78, 5) is 27.7. The molecule has 0 saturated heterocycles. The second-order valence-corrected chi connectivity index (χ2v) is 7.62. The van der Waals surface area contributed by atoms with Crippen LogP contribution >= 0.6 is 11.6 Å². The summed E-state index contributed by atoms with van der Waals surface area (Å²) < 4.78 is 13.5. The Hall–Kier alpha value is -3.44. The molecule has 0 spiro atoms. The van der Waals surface area contributed by atoms with Gasteiger partial charge in [0.2, 0.25) is 0 Å². The summed E-state index contributed by atoms with van der Waals surface area (Å²) in [5.74, 6) is -1.42.